The average Bonchev–Trinajstić information content (AvgIpc) is 3.11. The third-order valence-corrected chi connectivity index (χ3v) is 5.61. The predicted molar refractivity (Wildman–Crippen MR) is 109 cm³/mol. The monoisotopic (exact) mass is 385 g/mol. The van der Waals surface area contributed by atoms with E-state index in [0.717, 1.165) is 15.2 Å². The Balaban J connectivity index is 1.66. The summed E-state index contributed by atoms with van der Waals surface area (Å²) in [6.45, 7) is 2.30. The van der Waals surface area contributed by atoms with E-state index in [1.807, 2.05) is 30.1 Å². The Bertz CT molecular complexity index is 908. The zero-order chi connectivity index (χ0) is 19.4. The molecule has 3 rings (SSSR count). The van der Waals surface area contributed by atoms with Crippen LogP contribution in [0.2, 0.25) is 0 Å². The number of carbonyl (C=O) groups is 1. The van der Waals surface area contributed by atoms with Gasteiger partial charge in [0.2, 0.25) is 5.91 Å². The molecule has 0 spiro atoms. The van der Waals surface area contributed by atoms with Crippen LogP contribution in [0.5, 0.6) is 11.5 Å². The van der Waals surface area contributed by atoms with Gasteiger partial charge in [0, 0.05) is 6.07 Å². The van der Waals surface area contributed by atoms with Gasteiger partial charge in [-0.1, -0.05) is 12.1 Å². The van der Waals surface area contributed by atoms with Crippen molar-refractivity contribution in [2.75, 3.05) is 33.1 Å². The number of methoxy groups -OCH3 is 2. The fraction of sp³-hybridized carbons (Fsp3) is 0.300. The smallest absolute Gasteiger partial charge is 0.238 e. The summed E-state index contributed by atoms with van der Waals surface area (Å²) in [5.41, 5.74) is 1.61. The van der Waals surface area contributed by atoms with E-state index in [-0.39, 0.29) is 18.5 Å². The molecule has 0 radical (unpaired) electrons. The molecule has 7 heteroatoms. The van der Waals surface area contributed by atoms with Gasteiger partial charge in [0.05, 0.1) is 42.7 Å². The maximum absolute atomic E-state index is 12.5. The Labute approximate surface area is 162 Å². The summed E-state index contributed by atoms with van der Waals surface area (Å²) in [6.07, 6.45) is 0. The van der Waals surface area contributed by atoms with Crippen molar-refractivity contribution in [3.63, 3.8) is 0 Å². The third-order valence-electron chi connectivity index (χ3n) is 4.40. The van der Waals surface area contributed by atoms with Crippen molar-refractivity contribution in [3.05, 3.63) is 47.5 Å². The number of nitrogens with one attached hydrogen (secondary N) is 1. The molecule has 0 saturated heterocycles. The first-order valence-electron chi connectivity index (χ1n) is 8.59. The molecule has 0 aliphatic heterocycles. The van der Waals surface area contributed by atoms with Crippen LogP contribution in [0.4, 0.5) is 5.69 Å². The van der Waals surface area contributed by atoms with Crippen LogP contribution in [0.1, 0.15) is 18.0 Å². The molecule has 6 nitrogen and oxygen atoms in total. The number of para-hydroxylation sites is 1. The van der Waals surface area contributed by atoms with Crippen LogP contribution in [-0.2, 0) is 4.79 Å². The van der Waals surface area contributed by atoms with Crippen LogP contribution in [0.25, 0.3) is 10.2 Å². The molecule has 27 heavy (non-hydrogen) atoms. The molecule has 0 aliphatic carbocycles. The van der Waals surface area contributed by atoms with Crippen LogP contribution >= 0.6 is 11.3 Å². The summed E-state index contributed by atoms with van der Waals surface area (Å²) >= 11 is 1.66. The van der Waals surface area contributed by atoms with E-state index in [2.05, 4.69) is 23.3 Å². The molecular weight excluding hydrogens is 362 g/mol. The number of benzene rings is 2. The van der Waals surface area contributed by atoms with E-state index in [0.29, 0.717) is 17.2 Å². The summed E-state index contributed by atoms with van der Waals surface area (Å²) in [5.74, 6) is 1.12. The van der Waals surface area contributed by atoms with Crippen LogP contribution in [0, 0.1) is 0 Å². The SMILES string of the molecule is COc1ccc(NC(=O)CN(C)[C@@H](C)c2nc3ccccc3s2)c(OC)c1. The van der Waals surface area contributed by atoms with Crippen LogP contribution in [-0.4, -0.2) is 43.6 Å². The summed E-state index contributed by atoms with van der Waals surface area (Å²) in [6, 6.07) is 13.4. The van der Waals surface area contributed by atoms with Crippen molar-refractivity contribution in [2.45, 2.75) is 13.0 Å². The Hall–Kier alpha value is -2.64. The molecule has 0 saturated carbocycles. The fourth-order valence-corrected chi connectivity index (χ4v) is 3.80. The fourth-order valence-electron chi connectivity index (χ4n) is 2.71. The number of fused-ring (bicyclic) bond motifs is 1. The maximum Gasteiger partial charge on any atom is 0.238 e. The van der Waals surface area contributed by atoms with Crippen LogP contribution in [0.3, 0.4) is 0 Å². The molecule has 142 valence electrons. The van der Waals surface area contributed by atoms with Gasteiger partial charge >= 0.3 is 0 Å². The molecule has 1 N–H and O–H groups in total. The summed E-state index contributed by atoms with van der Waals surface area (Å²) in [5, 5.41) is 3.89. The highest BCUT2D eigenvalue weighted by molar-refractivity contribution is 7.18. The summed E-state index contributed by atoms with van der Waals surface area (Å²) < 4.78 is 11.7. The lowest BCUT2D eigenvalue weighted by Crippen LogP contribution is -2.32. The second-order valence-corrected chi connectivity index (χ2v) is 7.29. The molecule has 1 heterocycles. The number of ether oxygens (including phenoxy) is 2. The number of hydrogen-bond donors (Lipinski definition) is 1. The van der Waals surface area contributed by atoms with Gasteiger partial charge in [-0.05, 0) is 38.2 Å². The van der Waals surface area contributed by atoms with Gasteiger partial charge in [0.15, 0.2) is 0 Å². The third kappa shape index (κ3) is 4.37. The Morgan fingerprint density at radius 1 is 1.22 bits per heavy atom. The molecule has 0 unspecified atom stereocenters. The predicted octanol–water partition coefficient (Wildman–Crippen LogP) is 3.95. The number of carbonyl (C=O) groups excluding carboxylic acids is 1. The quantitative estimate of drug-likeness (QED) is 0.667. The molecule has 0 aliphatic rings. The summed E-state index contributed by atoms with van der Waals surface area (Å²) in [7, 11) is 5.07. The largest absolute Gasteiger partial charge is 0.497 e. The van der Waals surface area contributed by atoms with Crippen molar-refractivity contribution >= 4 is 33.1 Å². The number of thiazole rings is 1. The van der Waals surface area contributed by atoms with Gasteiger partial charge in [-0.3, -0.25) is 9.69 Å². The normalized spacial score (nSPS) is 12.2. The molecule has 0 bridgehead atoms. The molecule has 3 aromatic rings. The van der Waals surface area contributed by atoms with E-state index in [1.165, 1.54) is 0 Å². The second kappa shape index (κ2) is 8.37. The number of hydrogen-bond acceptors (Lipinski definition) is 6. The molecule has 1 amide bonds. The number of amides is 1. The van der Waals surface area contributed by atoms with Crippen molar-refractivity contribution < 1.29 is 14.3 Å². The van der Waals surface area contributed by atoms with Gasteiger partial charge in [-0.25, -0.2) is 4.98 Å². The lowest BCUT2D eigenvalue weighted by atomic mass is 10.2. The van der Waals surface area contributed by atoms with Gasteiger partial charge in [-0.2, -0.15) is 0 Å². The van der Waals surface area contributed by atoms with Crippen LogP contribution < -0.4 is 14.8 Å². The van der Waals surface area contributed by atoms with Gasteiger partial charge in [0.1, 0.15) is 16.5 Å². The number of rotatable bonds is 7. The van der Waals surface area contributed by atoms with Gasteiger partial charge in [0.25, 0.3) is 0 Å². The zero-order valence-electron chi connectivity index (χ0n) is 15.9. The van der Waals surface area contributed by atoms with Crippen molar-refractivity contribution in [1.29, 1.82) is 0 Å². The average molecular weight is 385 g/mol. The Kier molecular flexibility index (Phi) is 5.93. The van der Waals surface area contributed by atoms with Crippen molar-refractivity contribution in [1.82, 2.24) is 9.88 Å². The Morgan fingerprint density at radius 3 is 2.70 bits per heavy atom. The molecule has 2 aromatic carbocycles. The Morgan fingerprint density at radius 2 is 2.00 bits per heavy atom. The van der Waals surface area contributed by atoms with E-state index in [4.69, 9.17) is 9.47 Å². The minimum Gasteiger partial charge on any atom is -0.497 e. The second-order valence-electron chi connectivity index (χ2n) is 6.23. The highest BCUT2D eigenvalue weighted by Gasteiger charge is 2.19. The van der Waals surface area contributed by atoms with Gasteiger partial charge < -0.3 is 14.8 Å². The minimum absolute atomic E-state index is 0.0333. The van der Waals surface area contributed by atoms with Gasteiger partial charge in [-0.15, -0.1) is 11.3 Å². The molecule has 1 aromatic heterocycles. The zero-order valence-corrected chi connectivity index (χ0v) is 16.7. The first kappa shape index (κ1) is 19.1. The molecule has 1 atom stereocenters. The molecule has 0 fully saturated rings. The van der Waals surface area contributed by atoms with Crippen molar-refractivity contribution in [2.24, 2.45) is 0 Å². The minimum atomic E-state index is -0.117. The van der Waals surface area contributed by atoms with Crippen LogP contribution in [0.15, 0.2) is 42.5 Å². The van der Waals surface area contributed by atoms with Crippen molar-refractivity contribution in [3.8, 4) is 11.5 Å². The first-order chi connectivity index (χ1) is 13.0. The topological polar surface area (TPSA) is 63.7 Å². The summed E-state index contributed by atoms with van der Waals surface area (Å²) in [4.78, 5) is 19.2. The first-order valence-corrected chi connectivity index (χ1v) is 9.41. The standard InChI is InChI=1S/C20H23N3O3S/c1-13(20-22-16-7-5-6-8-18(16)27-20)23(2)12-19(24)21-15-10-9-14(25-3)11-17(15)26-4/h5-11,13H,12H2,1-4H3,(H,21,24)/t13-/m0/s1. The van der Waals surface area contributed by atoms with E-state index in [1.54, 1.807) is 43.8 Å². The lowest BCUT2D eigenvalue weighted by Gasteiger charge is -2.22. The number of aromatic nitrogens is 1. The number of nitrogens with zero attached hydrogens (tertiary/aromatic N) is 2. The highest BCUT2D eigenvalue weighted by Crippen LogP contribution is 2.30. The molecular formula is C20H23N3O3S. The van der Waals surface area contributed by atoms with E-state index < -0.39 is 0 Å². The highest BCUT2D eigenvalue weighted by atomic mass is 32.1. The van der Waals surface area contributed by atoms with E-state index in [9.17, 15) is 4.79 Å². The number of likely N-dealkylation sites (N-methyl/N-ethyl adjacent to an activating group) is 1. The maximum atomic E-state index is 12.5. The van der Waals surface area contributed by atoms with E-state index >= 15 is 0 Å². The lowest BCUT2D eigenvalue weighted by molar-refractivity contribution is -0.117. The number of anilines is 1.